The SMILES string of the molecule is Cc1c(C#N)c(NC(=O)CSc2nnc(N3CCCC3)n2C2CC2)n(Cc2ccco2)c1C. The van der Waals surface area contributed by atoms with Gasteiger partial charge in [0, 0.05) is 24.8 Å². The molecule has 1 amide bonds. The predicted octanol–water partition coefficient (Wildman–Crippen LogP) is 3.88. The van der Waals surface area contributed by atoms with Gasteiger partial charge in [0.1, 0.15) is 17.6 Å². The molecule has 10 heteroatoms. The lowest BCUT2D eigenvalue weighted by molar-refractivity contribution is -0.113. The summed E-state index contributed by atoms with van der Waals surface area (Å²) in [6.07, 6.45) is 6.24. The Hall–Kier alpha value is -3.19. The zero-order chi connectivity index (χ0) is 22.9. The van der Waals surface area contributed by atoms with Crippen molar-refractivity contribution in [3.8, 4) is 6.07 Å². The minimum atomic E-state index is -0.178. The minimum Gasteiger partial charge on any atom is -0.467 e. The van der Waals surface area contributed by atoms with Crippen LogP contribution in [-0.2, 0) is 11.3 Å². The van der Waals surface area contributed by atoms with Crippen LogP contribution in [-0.4, -0.2) is 44.1 Å². The zero-order valence-electron chi connectivity index (χ0n) is 18.9. The minimum absolute atomic E-state index is 0.178. The Balaban J connectivity index is 1.32. The van der Waals surface area contributed by atoms with Gasteiger partial charge in [-0.1, -0.05) is 11.8 Å². The fourth-order valence-corrected chi connectivity index (χ4v) is 5.14. The van der Waals surface area contributed by atoms with E-state index in [4.69, 9.17) is 4.42 Å². The van der Waals surface area contributed by atoms with Gasteiger partial charge < -0.3 is 19.2 Å². The molecule has 1 saturated carbocycles. The molecule has 1 saturated heterocycles. The van der Waals surface area contributed by atoms with Crippen molar-refractivity contribution in [2.24, 2.45) is 0 Å². The summed E-state index contributed by atoms with van der Waals surface area (Å²) in [6, 6.07) is 6.39. The number of rotatable bonds is 8. The number of hydrogen-bond donors (Lipinski definition) is 1. The first kappa shape index (κ1) is 21.6. The number of hydrogen-bond acceptors (Lipinski definition) is 7. The fraction of sp³-hybridized carbons (Fsp3) is 0.478. The lowest BCUT2D eigenvalue weighted by Gasteiger charge is -2.18. The molecule has 4 heterocycles. The molecule has 3 aromatic rings. The van der Waals surface area contributed by atoms with Gasteiger partial charge in [-0.2, -0.15) is 5.26 Å². The van der Waals surface area contributed by atoms with Gasteiger partial charge in [-0.3, -0.25) is 9.36 Å². The molecule has 9 nitrogen and oxygen atoms in total. The Morgan fingerprint density at radius 1 is 1.30 bits per heavy atom. The molecular weight excluding hydrogens is 438 g/mol. The van der Waals surface area contributed by atoms with E-state index in [1.54, 1.807) is 6.26 Å². The highest BCUT2D eigenvalue weighted by Crippen LogP contribution is 2.41. The number of anilines is 2. The van der Waals surface area contributed by atoms with E-state index in [9.17, 15) is 10.1 Å². The summed E-state index contributed by atoms with van der Waals surface area (Å²) in [4.78, 5) is 15.2. The highest BCUT2D eigenvalue weighted by molar-refractivity contribution is 7.99. The van der Waals surface area contributed by atoms with Crippen LogP contribution in [0.5, 0.6) is 0 Å². The summed E-state index contributed by atoms with van der Waals surface area (Å²) in [7, 11) is 0. The van der Waals surface area contributed by atoms with E-state index in [1.165, 1.54) is 24.6 Å². The standard InChI is InChI=1S/C23H27N7O2S/c1-15-16(2)29(13-18-6-5-11-32-18)21(19(15)12-24)25-20(31)14-33-23-27-26-22(28-9-3-4-10-28)30(23)17-7-8-17/h5-6,11,17H,3-4,7-10,13-14H2,1-2H3,(H,25,31). The number of nitriles is 1. The third-order valence-corrected chi connectivity index (χ3v) is 7.32. The van der Waals surface area contributed by atoms with Crippen LogP contribution in [0.3, 0.4) is 0 Å². The van der Waals surface area contributed by atoms with E-state index in [0.717, 1.165) is 54.1 Å². The summed E-state index contributed by atoms with van der Waals surface area (Å²) >= 11 is 1.40. The molecule has 33 heavy (non-hydrogen) atoms. The third kappa shape index (κ3) is 4.25. The predicted molar refractivity (Wildman–Crippen MR) is 126 cm³/mol. The van der Waals surface area contributed by atoms with Crippen LogP contribution in [0.25, 0.3) is 0 Å². The second kappa shape index (κ2) is 8.98. The van der Waals surface area contributed by atoms with Crippen molar-refractivity contribution in [2.75, 3.05) is 29.1 Å². The first-order valence-electron chi connectivity index (χ1n) is 11.3. The van der Waals surface area contributed by atoms with Crippen molar-refractivity contribution < 1.29 is 9.21 Å². The Kier molecular flexibility index (Phi) is 5.89. The second-order valence-corrected chi connectivity index (χ2v) is 9.57. The van der Waals surface area contributed by atoms with Gasteiger partial charge >= 0.3 is 0 Å². The molecule has 0 unspecified atom stereocenters. The van der Waals surface area contributed by atoms with Crippen LogP contribution in [0.2, 0.25) is 0 Å². The van der Waals surface area contributed by atoms with Gasteiger partial charge in [-0.05, 0) is 57.2 Å². The lowest BCUT2D eigenvalue weighted by Crippen LogP contribution is -2.22. The van der Waals surface area contributed by atoms with E-state index < -0.39 is 0 Å². The summed E-state index contributed by atoms with van der Waals surface area (Å²) in [6.45, 7) is 6.31. The van der Waals surface area contributed by atoms with Gasteiger partial charge in [0.2, 0.25) is 11.9 Å². The normalized spacial score (nSPS) is 15.7. The number of thioether (sulfide) groups is 1. The molecule has 3 aromatic heterocycles. The van der Waals surface area contributed by atoms with E-state index in [2.05, 4.69) is 31.1 Å². The second-order valence-electron chi connectivity index (χ2n) is 8.63. The molecule has 0 atom stereocenters. The van der Waals surface area contributed by atoms with E-state index in [-0.39, 0.29) is 11.7 Å². The molecule has 1 aliphatic heterocycles. The van der Waals surface area contributed by atoms with Crippen LogP contribution in [0, 0.1) is 25.2 Å². The first-order chi connectivity index (χ1) is 16.1. The molecule has 0 radical (unpaired) electrons. The molecular formula is C23H27N7O2S. The van der Waals surface area contributed by atoms with Crippen LogP contribution >= 0.6 is 11.8 Å². The molecule has 0 spiro atoms. The van der Waals surface area contributed by atoms with Crippen LogP contribution < -0.4 is 10.2 Å². The van der Waals surface area contributed by atoms with Gasteiger partial charge in [0.15, 0.2) is 5.16 Å². The van der Waals surface area contributed by atoms with Crippen molar-refractivity contribution in [1.82, 2.24) is 19.3 Å². The highest BCUT2D eigenvalue weighted by Gasteiger charge is 2.32. The quantitative estimate of drug-likeness (QED) is 0.503. The topological polar surface area (TPSA) is 105 Å². The lowest BCUT2D eigenvalue weighted by atomic mass is 10.2. The van der Waals surface area contributed by atoms with Crippen molar-refractivity contribution in [1.29, 1.82) is 5.26 Å². The smallest absolute Gasteiger partial charge is 0.235 e. The van der Waals surface area contributed by atoms with Crippen molar-refractivity contribution in [3.05, 3.63) is 41.0 Å². The number of furan rings is 1. The molecule has 172 valence electrons. The molecule has 5 rings (SSSR count). The van der Waals surface area contributed by atoms with E-state index in [1.807, 2.05) is 30.5 Å². The van der Waals surface area contributed by atoms with Crippen LogP contribution in [0.1, 0.15) is 54.3 Å². The zero-order valence-corrected chi connectivity index (χ0v) is 19.7. The Bertz CT molecular complexity index is 1190. The Labute approximate surface area is 196 Å². The van der Waals surface area contributed by atoms with Gasteiger partial charge in [-0.15, -0.1) is 10.2 Å². The summed E-state index contributed by atoms with van der Waals surface area (Å²) < 4.78 is 9.61. The number of carbonyl (C=O) groups excluding carboxylic acids is 1. The van der Waals surface area contributed by atoms with Crippen molar-refractivity contribution >= 4 is 29.4 Å². The molecule has 0 bridgehead atoms. The first-order valence-corrected chi connectivity index (χ1v) is 12.3. The average molecular weight is 466 g/mol. The number of nitrogens with one attached hydrogen (secondary N) is 1. The van der Waals surface area contributed by atoms with Gasteiger partial charge in [0.25, 0.3) is 0 Å². The van der Waals surface area contributed by atoms with Crippen LogP contribution in [0.15, 0.2) is 28.0 Å². The Morgan fingerprint density at radius 2 is 2.09 bits per heavy atom. The molecule has 2 aliphatic rings. The number of aromatic nitrogens is 4. The average Bonchev–Trinajstić information content (AvgIpc) is 3.22. The highest BCUT2D eigenvalue weighted by atomic mass is 32.2. The Morgan fingerprint density at radius 3 is 2.76 bits per heavy atom. The summed E-state index contributed by atoms with van der Waals surface area (Å²) in [5, 5.41) is 22.3. The maximum absolute atomic E-state index is 12.9. The van der Waals surface area contributed by atoms with Crippen molar-refractivity contribution in [2.45, 2.75) is 57.3 Å². The monoisotopic (exact) mass is 465 g/mol. The maximum atomic E-state index is 12.9. The van der Waals surface area contributed by atoms with E-state index in [0.29, 0.717) is 24.0 Å². The van der Waals surface area contributed by atoms with Crippen LogP contribution in [0.4, 0.5) is 11.8 Å². The molecule has 1 aliphatic carbocycles. The summed E-state index contributed by atoms with van der Waals surface area (Å²) in [5.41, 5.74) is 2.26. The maximum Gasteiger partial charge on any atom is 0.235 e. The van der Waals surface area contributed by atoms with Gasteiger partial charge in [0.05, 0.1) is 24.1 Å². The van der Waals surface area contributed by atoms with E-state index >= 15 is 0 Å². The fourth-order valence-electron chi connectivity index (χ4n) is 4.34. The molecule has 0 aromatic carbocycles. The molecule has 1 N–H and O–H groups in total. The molecule has 2 fully saturated rings. The van der Waals surface area contributed by atoms with Crippen molar-refractivity contribution in [3.63, 3.8) is 0 Å². The number of nitrogens with zero attached hydrogens (tertiary/aromatic N) is 6. The summed E-state index contributed by atoms with van der Waals surface area (Å²) in [5.74, 6) is 2.22. The number of carbonyl (C=O) groups is 1. The largest absolute Gasteiger partial charge is 0.467 e. The number of amides is 1. The third-order valence-electron chi connectivity index (χ3n) is 6.37. The van der Waals surface area contributed by atoms with Gasteiger partial charge in [-0.25, -0.2) is 0 Å².